The van der Waals surface area contributed by atoms with Crippen LogP contribution in [0.5, 0.6) is 5.75 Å². The number of rotatable bonds is 6. The maximum Gasteiger partial charge on any atom is 0.259 e. The zero-order chi connectivity index (χ0) is 22.5. The number of thiophene rings is 1. The first-order valence-corrected chi connectivity index (χ1v) is 12.5. The second-order valence-electron chi connectivity index (χ2n) is 8.95. The van der Waals surface area contributed by atoms with Crippen LogP contribution in [0.2, 0.25) is 0 Å². The van der Waals surface area contributed by atoms with E-state index in [0.29, 0.717) is 34.5 Å². The van der Waals surface area contributed by atoms with E-state index in [1.807, 2.05) is 24.3 Å². The molecule has 2 amide bonds. The third-order valence-corrected chi connectivity index (χ3v) is 7.58. The summed E-state index contributed by atoms with van der Waals surface area (Å²) >= 11 is 1.57. The fraction of sp³-hybridized carbons (Fsp3) is 0.520. The van der Waals surface area contributed by atoms with Gasteiger partial charge >= 0.3 is 0 Å². The van der Waals surface area contributed by atoms with Gasteiger partial charge in [0.25, 0.3) is 5.91 Å². The van der Waals surface area contributed by atoms with Crippen molar-refractivity contribution in [3.05, 3.63) is 40.3 Å². The average molecular weight is 456 g/mol. The van der Waals surface area contributed by atoms with E-state index in [1.54, 1.807) is 18.4 Å². The number of carbonyl (C=O) groups is 2. The molecule has 32 heavy (non-hydrogen) atoms. The van der Waals surface area contributed by atoms with Crippen molar-refractivity contribution in [3.8, 4) is 5.75 Å². The molecule has 2 aliphatic rings. The summed E-state index contributed by atoms with van der Waals surface area (Å²) in [6.07, 6.45) is 7.64. The minimum absolute atomic E-state index is 0.0371. The molecule has 1 aliphatic carbocycles. The molecular formula is C25H33N3O3S. The number of para-hydroxylation sites is 2. The predicted molar refractivity (Wildman–Crippen MR) is 130 cm³/mol. The lowest BCUT2D eigenvalue weighted by Crippen LogP contribution is -2.34. The first-order chi connectivity index (χ1) is 15.5. The number of benzene rings is 1. The highest BCUT2D eigenvalue weighted by Gasteiger charge is 2.29. The van der Waals surface area contributed by atoms with Crippen molar-refractivity contribution in [1.82, 2.24) is 4.90 Å². The molecule has 2 aromatic rings. The first kappa shape index (κ1) is 22.8. The molecule has 0 saturated carbocycles. The van der Waals surface area contributed by atoms with Crippen molar-refractivity contribution in [3.63, 3.8) is 0 Å². The second kappa shape index (κ2) is 10.5. The molecule has 2 N–H and O–H groups in total. The molecule has 1 saturated heterocycles. The molecule has 0 radical (unpaired) electrons. The summed E-state index contributed by atoms with van der Waals surface area (Å²) < 4.78 is 5.39. The van der Waals surface area contributed by atoms with E-state index in [4.69, 9.17) is 4.74 Å². The standard InChI is InChI=1S/C25H33N3O3S/c1-17-11-12-18-21(15-17)32-25(27-22(29)16-28-13-7-3-4-8-14-28)23(18)24(30)26-19-9-5-6-10-20(19)31-2/h5-6,9-10,17H,3-4,7-8,11-16H2,1-2H3,(H,26,30)(H,27,29)/t17-/m1/s1. The fourth-order valence-electron chi connectivity index (χ4n) is 4.68. The van der Waals surface area contributed by atoms with E-state index in [2.05, 4.69) is 22.5 Å². The van der Waals surface area contributed by atoms with Crippen molar-refractivity contribution >= 4 is 33.8 Å². The highest BCUT2D eigenvalue weighted by atomic mass is 32.1. The number of likely N-dealkylation sites (tertiary alicyclic amines) is 1. The minimum atomic E-state index is -0.188. The van der Waals surface area contributed by atoms with Gasteiger partial charge in [0, 0.05) is 4.88 Å². The average Bonchev–Trinajstić information content (AvgIpc) is 2.93. The largest absolute Gasteiger partial charge is 0.495 e. The Bertz CT molecular complexity index is 963. The van der Waals surface area contributed by atoms with Crippen molar-refractivity contribution in [2.75, 3.05) is 37.4 Å². The fourth-order valence-corrected chi connectivity index (χ4v) is 6.10. The van der Waals surface area contributed by atoms with Gasteiger partial charge in [0.2, 0.25) is 5.91 Å². The van der Waals surface area contributed by atoms with Crippen LogP contribution in [0, 0.1) is 5.92 Å². The lowest BCUT2D eigenvalue weighted by atomic mass is 9.88. The Hall–Kier alpha value is -2.38. The van der Waals surface area contributed by atoms with Crippen molar-refractivity contribution in [2.24, 2.45) is 5.92 Å². The maximum atomic E-state index is 13.4. The van der Waals surface area contributed by atoms with Crippen molar-refractivity contribution in [1.29, 1.82) is 0 Å². The molecule has 1 aromatic carbocycles. The van der Waals surface area contributed by atoms with Gasteiger partial charge in [-0.15, -0.1) is 11.3 Å². The summed E-state index contributed by atoms with van der Waals surface area (Å²) in [6, 6.07) is 7.39. The monoisotopic (exact) mass is 455 g/mol. The number of hydrogen-bond donors (Lipinski definition) is 2. The Morgan fingerprint density at radius 3 is 2.62 bits per heavy atom. The van der Waals surface area contributed by atoms with E-state index < -0.39 is 0 Å². The topological polar surface area (TPSA) is 70.7 Å². The summed E-state index contributed by atoms with van der Waals surface area (Å²) in [6.45, 7) is 4.56. The Balaban J connectivity index is 1.56. The van der Waals surface area contributed by atoms with E-state index in [9.17, 15) is 9.59 Å². The molecule has 0 spiro atoms. The van der Waals surface area contributed by atoms with Gasteiger partial charge in [-0.2, -0.15) is 0 Å². The van der Waals surface area contributed by atoms with E-state index in [0.717, 1.165) is 50.8 Å². The Morgan fingerprint density at radius 2 is 1.88 bits per heavy atom. The number of methoxy groups -OCH3 is 1. The molecule has 172 valence electrons. The highest BCUT2D eigenvalue weighted by Crippen LogP contribution is 2.40. The molecule has 1 atom stereocenters. The molecule has 1 aliphatic heterocycles. The number of nitrogens with one attached hydrogen (secondary N) is 2. The molecule has 0 unspecified atom stereocenters. The van der Waals surface area contributed by atoms with Crippen LogP contribution in [0.4, 0.5) is 10.7 Å². The van der Waals surface area contributed by atoms with Crippen LogP contribution in [0.3, 0.4) is 0 Å². The van der Waals surface area contributed by atoms with Crippen LogP contribution >= 0.6 is 11.3 Å². The normalized spacial score (nSPS) is 19.0. The number of nitrogens with zero attached hydrogens (tertiary/aromatic N) is 1. The number of hydrogen-bond acceptors (Lipinski definition) is 5. The maximum absolute atomic E-state index is 13.4. The van der Waals surface area contributed by atoms with Crippen LogP contribution in [0.15, 0.2) is 24.3 Å². The Labute approximate surface area is 194 Å². The number of anilines is 2. The lowest BCUT2D eigenvalue weighted by molar-refractivity contribution is -0.117. The minimum Gasteiger partial charge on any atom is -0.495 e. The lowest BCUT2D eigenvalue weighted by Gasteiger charge is -2.19. The van der Waals surface area contributed by atoms with Crippen LogP contribution in [-0.2, 0) is 17.6 Å². The van der Waals surface area contributed by atoms with Gasteiger partial charge in [-0.25, -0.2) is 0 Å². The number of carbonyl (C=O) groups excluding carboxylic acids is 2. The quantitative estimate of drug-likeness (QED) is 0.647. The molecule has 4 rings (SSSR count). The van der Waals surface area contributed by atoms with Gasteiger partial charge in [0.1, 0.15) is 10.8 Å². The van der Waals surface area contributed by atoms with E-state index in [-0.39, 0.29) is 11.8 Å². The number of ether oxygens (including phenoxy) is 1. The molecule has 7 heteroatoms. The number of amides is 2. The molecule has 1 aromatic heterocycles. The van der Waals surface area contributed by atoms with Gasteiger partial charge in [-0.1, -0.05) is 31.9 Å². The smallest absolute Gasteiger partial charge is 0.259 e. The molecular weight excluding hydrogens is 422 g/mol. The molecule has 0 bridgehead atoms. The van der Waals surface area contributed by atoms with E-state index in [1.165, 1.54) is 17.7 Å². The van der Waals surface area contributed by atoms with Crippen LogP contribution in [0.25, 0.3) is 0 Å². The van der Waals surface area contributed by atoms with Crippen LogP contribution in [0.1, 0.15) is 59.8 Å². The third kappa shape index (κ3) is 5.33. The van der Waals surface area contributed by atoms with Crippen molar-refractivity contribution < 1.29 is 14.3 Å². The zero-order valence-electron chi connectivity index (χ0n) is 19.0. The predicted octanol–water partition coefficient (Wildman–Crippen LogP) is 4.95. The SMILES string of the molecule is COc1ccccc1NC(=O)c1c(NC(=O)CN2CCCCCC2)sc2c1CC[C@@H](C)C2. The summed E-state index contributed by atoms with van der Waals surface area (Å²) in [5.74, 6) is 0.980. The van der Waals surface area contributed by atoms with Gasteiger partial charge in [0.15, 0.2) is 0 Å². The summed E-state index contributed by atoms with van der Waals surface area (Å²) in [4.78, 5) is 29.8. The van der Waals surface area contributed by atoms with E-state index >= 15 is 0 Å². The third-order valence-electron chi connectivity index (χ3n) is 6.41. The first-order valence-electron chi connectivity index (χ1n) is 11.7. The molecule has 6 nitrogen and oxygen atoms in total. The van der Waals surface area contributed by atoms with Gasteiger partial charge in [0.05, 0.1) is 24.9 Å². The zero-order valence-corrected chi connectivity index (χ0v) is 19.9. The second-order valence-corrected chi connectivity index (χ2v) is 10.1. The Kier molecular flexibility index (Phi) is 7.48. The van der Waals surface area contributed by atoms with Crippen LogP contribution in [-0.4, -0.2) is 43.5 Å². The van der Waals surface area contributed by atoms with Crippen LogP contribution < -0.4 is 15.4 Å². The Morgan fingerprint density at radius 1 is 1.12 bits per heavy atom. The van der Waals surface area contributed by atoms with Gasteiger partial charge in [-0.3, -0.25) is 14.5 Å². The summed E-state index contributed by atoms with van der Waals surface area (Å²) in [5, 5.41) is 6.78. The molecule has 2 heterocycles. The number of fused-ring (bicyclic) bond motifs is 1. The van der Waals surface area contributed by atoms with Gasteiger partial charge < -0.3 is 15.4 Å². The van der Waals surface area contributed by atoms with Gasteiger partial charge in [-0.05, 0) is 68.8 Å². The highest BCUT2D eigenvalue weighted by molar-refractivity contribution is 7.17. The summed E-state index contributed by atoms with van der Waals surface area (Å²) in [5.41, 5.74) is 2.34. The molecule has 1 fully saturated rings. The van der Waals surface area contributed by atoms with Crippen molar-refractivity contribution in [2.45, 2.75) is 51.9 Å². The summed E-state index contributed by atoms with van der Waals surface area (Å²) in [7, 11) is 1.59.